The van der Waals surface area contributed by atoms with Crippen molar-refractivity contribution in [1.82, 2.24) is 9.80 Å². The van der Waals surface area contributed by atoms with E-state index in [1.54, 1.807) is 11.3 Å². The molecule has 3 rings (SSSR count). The van der Waals surface area contributed by atoms with Gasteiger partial charge in [-0.2, -0.15) is 0 Å². The first-order chi connectivity index (χ1) is 8.76. The number of hydrogen-bond acceptors (Lipinski definition) is 3. The minimum absolute atomic E-state index is 0.722. The van der Waals surface area contributed by atoms with E-state index in [1.807, 2.05) is 6.07 Å². The third-order valence-corrected chi connectivity index (χ3v) is 5.58. The van der Waals surface area contributed by atoms with Gasteiger partial charge < -0.3 is 0 Å². The fourth-order valence-electron chi connectivity index (χ4n) is 3.37. The van der Waals surface area contributed by atoms with Crippen LogP contribution < -0.4 is 0 Å². The maximum atomic E-state index is 6.03. The third kappa shape index (κ3) is 2.60. The van der Waals surface area contributed by atoms with Crippen molar-refractivity contribution < 1.29 is 0 Å². The smallest absolute Gasteiger partial charge is 0.0931 e. The zero-order valence-electron chi connectivity index (χ0n) is 10.9. The van der Waals surface area contributed by atoms with Crippen LogP contribution in [0.1, 0.15) is 31.1 Å². The molecule has 0 saturated carbocycles. The Kier molecular flexibility index (Phi) is 3.94. The Labute approximate surface area is 119 Å². The monoisotopic (exact) mass is 284 g/mol. The van der Waals surface area contributed by atoms with Crippen LogP contribution >= 0.6 is 22.9 Å². The van der Waals surface area contributed by atoms with E-state index in [4.69, 9.17) is 11.6 Å². The molecule has 100 valence electrons. The van der Waals surface area contributed by atoms with Crippen LogP contribution in [0.15, 0.2) is 12.1 Å². The van der Waals surface area contributed by atoms with Gasteiger partial charge in [0.2, 0.25) is 0 Å². The van der Waals surface area contributed by atoms with Crippen LogP contribution in [-0.4, -0.2) is 41.5 Å². The van der Waals surface area contributed by atoms with Crippen LogP contribution in [0.5, 0.6) is 0 Å². The summed E-state index contributed by atoms with van der Waals surface area (Å²) in [6, 6.07) is 5.73. The number of halogens is 1. The van der Waals surface area contributed by atoms with Crippen LogP contribution in [0.2, 0.25) is 4.34 Å². The van der Waals surface area contributed by atoms with Crippen molar-refractivity contribution in [2.45, 2.75) is 44.8 Å². The fourth-order valence-corrected chi connectivity index (χ4v) is 4.48. The van der Waals surface area contributed by atoms with Gasteiger partial charge in [0.05, 0.1) is 4.34 Å². The molecule has 2 saturated heterocycles. The average molecular weight is 285 g/mol. The van der Waals surface area contributed by atoms with Crippen LogP contribution in [0.4, 0.5) is 0 Å². The molecule has 2 aliphatic rings. The maximum Gasteiger partial charge on any atom is 0.0931 e. The van der Waals surface area contributed by atoms with Crippen LogP contribution in [0, 0.1) is 0 Å². The Balaban J connectivity index is 1.69. The molecular formula is C14H21ClN2S. The Bertz CT molecular complexity index is 406. The first-order valence-electron chi connectivity index (χ1n) is 6.98. The molecule has 0 N–H and O–H groups in total. The lowest BCUT2D eigenvalue weighted by Gasteiger charge is -2.43. The number of rotatable bonds is 3. The van der Waals surface area contributed by atoms with Crippen molar-refractivity contribution in [2.24, 2.45) is 0 Å². The second-order valence-corrected chi connectivity index (χ2v) is 7.29. The van der Waals surface area contributed by atoms with Crippen LogP contribution in [0.25, 0.3) is 0 Å². The van der Waals surface area contributed by atoms with Gasteiger partial charge in [0, 0.05) is 36.6 Å². The highest BCUT2D eigenvalue weighted by atomic mass is 35.5. The standard InChI is InChI=1S/C14H21ClN2S/c1-2-11-8-16-7-3-4-12(16)9-17(11)10-13-5-6-14(15)18-13/h5-6,11-12H,2-4,7-10H2,1H3. The lowest BCUT2D eigenvalue weighted by molar-refractivity contribution is 0.0444. The number of hydrogen-bond donors (Lipinski definition) is 0. The molecule has 0 amide bonds. The minimum Gasteiger partial charge on any atom is -0.298 e. The summed E-state index contributed by atoms with van der Waals surface area (Å²) in [5, 5.41) is 0. The van der Waals surface area contributed by atoms with Crippen molar-refractivity contribution in [1.29, 1.82) is 0 Å². The SMILES string of the molecule is CCC1CN2CCCC2CN1Cc1ccc(Cl)s1. The third-order valence-electron chi connectivity index (χ3n) is 4.37. The summed E-state index contributed by atoms with van der Waals surface area (Å²) in [6.07, 6.45) is 4.03. The maximum absolute atomic E-state index is 6.03. The first-order valence-corrected chi connectivity index (χ1v) is 8.18. The van der Waals surface area contributed by atoms with Gasteiger partial charge in [0.15, 0.2) is 0 Å². The molecule has 0 radical (unpaired) electrons. The average Bonchev–Trinajstić information content (AvgIpc) is 2.97. The minimum atomic E-state index is 0.722. The van der Waals surface area contributed by atoms with Gasteiger partial charge in [-0.1, -0.05) is 18.5 Å². The summed E-state index contributed by atoms with van der Waals surface area (Å²) < 4.78 is 0.914. The largest absolute Gasteiger partial charge is 0.298 e. The van der Waals surface area contributed by atoms with E-state index < -0.39 is 0 Å². The molecule has 0 spiro atoms. The Hall–Kier alpha value is -0.0900. The highest BCUT2D eigenvalue weighted by Gasteiger charge is 2.35. The Morgan fingerprint density at radius 1 is 1.39 bits per heavy atom. The lowest BCUT2D eigenvalue weighted by atomic mass is 10.1. The molecular weight excluding hydrogens is 264 g/mol. The highest BCUT2D eigenvalue weighted by molar-refractivity contribution is 7.16. The van der Waals surface area contributed by atoms with Crippen LogP contribution in [-0.2, 0) is 6.54 Å². The van der Waals surface area contributed by atoms with Gasteiger partial charge in [0.1, 0.15) is 0 Å². The summed E-state index contributed by atoms with van der Waals surface area (Å²) in [7, 11) is 0. The van der Waals surface area contributed by atoms with Gasteiger partial charge >= 0.3 is 0 Å². The quantitative estimate of drug-likeness (QED) is 0.839. The zero-order chi connectivity index (χ0) is 12.5. The predicted octanol–water partition coefficient (Wildman–Crippen LogP) is 3.46. The number of piperazine rings is 1. The first kappa shape index (κ1) is 12.9. The molecule has 2 nitrogen and oxygen atoms in total. The molecule has 0 aromatic carbocycles. The molecule has 2 atom stereocenters. The van der Waals surface area contributed by atoms with Gasteiger partial charge in [-0.3, -0.25) is 9.80 Å². The summed E-state index contributed by atoms with van der Waals surface area (Å²) in [5.74, 6) is 0. The molecule has 1 aromatic heterocycles. The molecule has 0 bridgehead atoms. The van der Waals surface area contributed by atoms with Gasteiger partial charge in [-0.15, -0.1) is 11.3 Å². The van der Waals surface area contributed by atoms with Crippen molar-refractivity contribution in [3.63, 3.8) is 0 Å². The van der Waals surface area contributed by atoms with Gasteiger partial charge in [-0.25, -0.2) is 0 Å². The van der Waals surface area contributed by atoms with E-state index in [1.165, 1.54) is 43.8 Å². The van der Waals surface area contributed by atoms with E-state index in [2.05, 4.69) is 22.8 Å². The topological polar surface area (TPSA) is 6.48 Å². The number of nitrogens with zero attached hydrogens (tertiary/aromatic N) is 2. The summed E-state index contributed by atoms with van der Waals surface area (Å²) in [5.41, 5.74) is 0. The van der Waals surface area contributed by atoms with E-state index in [-0.39, 0.29) is 0 Å². The zero-order valence-corrected chi connectivity index (χ0v) is 12.5. The summed E-state index contributed by atoms with van der Waals surface area (Å²) in [4.78, 5) is 6.78. The number of thiophene rings is 1. The second kappa shape index (κ2) is 5.49. The Morgan fingerprint density at radius 3 is 3.00 bits per heavy atom. The van der Waals surface area contributed by atoms with E-state index in [0.29, 0.717) is 0 Å². The fraction of sp³-hybridized carbons (Fsp3) is 0.714. The van der Waals surface area contributed by atoms with E-state index >= 15 is 0 Å². The summed E-state index contributed by atoms with van der Waals surface area (Å²) >= 11 is 7.76. The molecule has 4 heteroatoms. The van der Waals surface area contributed by atoms with Crippen molar-refractivity contribution in [3.05, 3.63) is 21.3 Å². The van der Waals surface area contributed by atoms with Gasteiger partial charge in [-0.05, 0) is 37.9 Å². The lowest BCUT2D eigenvalue weighted by Crippen LogP contribution is -2.55. The highest BCUT2D eigenvalue weighted by Crippen LogP contribution is 2.29. The van der Waals surface area contributed by atoms with Crippen molar-refractivity contribution in [2.75, 3.05) is 19.6 Å². The molecule has 2 unspecified atom stereocenters. The van der Waals surface area contributed by atoms with Crippen LogP contribution in [0.3, 0.4) is 0 Å². The van der Waals surface area contributed by atoms with Crippen molar-refractivity contribution >= 4 is 22.9 Å². The molecule has 2 aliphatic heterocycles. The molecule has 1 aromatic rings. The van der Waals surface area contributed by atoms with E-state index in [0.717, 1.165) is 23.0 Å². The van der Waals surface area contributed by atoms with Gasteiger partial charge in [0.25, 0.3) is 0 Å². The molecule has 3 heterocycles. The predicted molar refractivity (Wildman–Crippen MR) is 78.4 cm³/mol. The summed E-state index contributed by atoms with van der Waals surface area (Å²) in [6.45, 7) is 7.23. The normalized spacial score (nSPS) is 29.7. The second-order valence-electron chi connectivity index (χ2n) is 5.49. The number of fused-ring (bicyclic) bond motifs is 1. The molecule has 2 fully saturated rings. The molecule has 0 aliphatic carbocycles. The van der Waals surface area contributed by atoms with E-state index in [9.17, 15) is 0 Å². The van der Waals surface area contributed by atoms with Crippen molar-refractivity contribution in [3.8, 4) is 0 Å². The Morgan fingerprint density at radius 2 is 2.28 bits per heavy atom. The molecule has 18 heavy (non-hydrogen) atoms.